The maximum absolute atomic E-state index is 13.7. The number of rotatable bonds is 4. The number of halogens is 3. The van der Waals surface area contributed by atoms with Crippen LogP contribution in [-0.4, -0.2) is 31.3 Å². The van der Waals surface area contributed by atoms with Gasteiger partial charge >= 0.3 is 0 Å². The van der Waals surface area contributed by atoms with E-state index in [4.69, 9.17) is 0 Å². The van der Waals surface area contributed by atoms with Crippen LogP contribution in [0.3, 0.4) is 0 Å². The van der Waals surface area contributed by atoms with Crippen molar-refractivity contribution in [1.82, 2.24) is 20.2 Å². The first-order chi connectivity index (χ1) is 13.4. The third-order valence-corrected chi connectivity index (χ3v) is 5.00. The summed E-state index contributed by atoms with van der Waals surface area (Å²) in [6.45, 7) is 1.55. The van der Waals surface area contributed by atoms with Gasteiger partial charge in [0.15, 0.2) is 23.1 Å². The topological polar surface area (TPSA) is 83.6 Å². The van der Waals surface area contributed by atoms with Crippen LogP contribution in [0.1, 0.15) is 6.92 Å². The smallest absolute Gasteiger partial charge is 0.237 e. The number of carbonyl (C=O) groups is 1. The highest BCUT2D eigenvalue weighted by Gasteiger charge is 2.21. The molecule has 6 nitrogen and oxygen atoms in total. The maximum atomic E-state index is 13.7. The van der Waals surface area contributed by atoms with Gasteiger partial charge in [-0.15, -0.1) is 10.2 Å². The molecule has 0 aliphatic rings. The van der Waals surface area contributed by atoms with Gasteiger partial charge in [0.2, 0.25) is 11.1 Å². The number of hydrogen-bond acceptors (Lipinski definition) is 5. The molecule has 28 heavy (non-hydrogen) atoms. The van der Waals surface area contributed by atoms with E-state index in [1.807, 2.05) is 24.3 Å². The van der Waals surface area contributed by atoms with Crippen molar-refractivity contribution in [2.75, 3.05) is 5.32 Å². The number of thioether (sulfide) groups is 1. The zero-order chi connectivity index (χ0) is 19.8. The van der Waals surface area contributed by atoms with Crippen molar-refractivity contribution < 1.29 is 18.0 Å². The van der Waals surface area contributed by atoms with Crippen LogP contribution >= 0.6 is 11.8 Å². The molecule has 2 N–H and O–H groups in total. The average molecular weight is 403 g/mol. The Kier molecular flexibility index (Phi) is 4.63. The van der Waals surface area contributed by atoms with E-state index in [1.165, 1.54) is 0 Å². The van der Waals surface area contributed by atoms with E-state index < -0.39 is 34.3 Å². The molecule has 2 aromatic heterocycles. The number of anilines is 1. The molecule has 4 rings (SSSR count). The van der Waals surface area contributed by atoms with Gasteiger partial charge in [0.25, 0.3) is 0 Å². The molecular weight excluding hydrogens is 391 g/mol. The van der Waals surface area contributed by atoms with Gasteiger partial charge in [-0.05, 0) is 25.1 Å². The Morgan fingerprint density at radius 2 is 1.89 bits per heavy atom. The normalized spacial score (nSPS) is 12.4. The number of aromatic amines is 1. The number of nitrogens with one attached hydrogen (secondary N) is 2. The summed E-state index contributed by atoms with van der Waals surface area (Å²) in [7, 11) is 0. The van der Waals surface area contributed by atoms with Gasteiger partial charge in [0.05, 0.1) is 10.9 Å². The molecule has 0 fully saturated rings. The Morgan fingerprint density at radius 1 is 1.11 bits per heavy atom. The van der Waals surface area contributed by atoms with Gasteiger partial charge in [-0.2, -0.15) is 0 Å². The van der Waals surface area contributed by atoms with Crippen LogP contribution in [0.15, 0.2) is 41.6 Å². The quantitative estimate of drug-likeness (QED) is 0.397. The van der Waals surface area contributed by atoms with Crippen LogP contribution in [0, 0.1) is 17.5 Å². The summed E-state index contributed by atoms with van der Waals surface area (Å²) in [5, 5.41) is 10.8. The largest absolute Gasteiger partial charge is 0.338 e. The molecule has 1 atom stereocenters. The highest BCUT2D eigenvalue weighted by molar-refractivity contribution is 8.00. The highest BCUT2D eigenvalue weighted by atomic mass is 32.2. The molecule has 142 valence electrons. The van der Waals surface area contributed by atoms with E-state index >= 15 is 0 Å². The zero-order valence-corrected chi connectivity index (χ0v) is 15.1. The third-order valence-electron chi connectivity index (χ3n) is 4.05. The van der Waals surface area contributed by atoms with E-state index in [1.54, 1.807) is 6.92 Å². The van der Waals surface area contributed by atoms with Gasteiger partial charge in [-0.25, -0.2) is 18.2 Å². The number of H-pyrrole nitrogens is 1. The number of aromatic nitrogens is 4. The number of fused-ring (bicyclic) bond motifs is 3. The first-order valence-corrected chi connectivity index (χ1v) is 9.04. The minimum absolute atomic E-state index is 0.243. The molecule has 0 bridgehead atoms. The van der Waals surface area contributed by atoms with Crippen LogP contribution in [0.4, 0.5) is 18.9 Å². The third kappa shape index (κ3) is 3.26. The van der Waals surface area contributed by atoms with E-state index in [-0.39, 0.29) is 5.16 Å². The first kappa shape index (κ1) is 18.2. The summed E-state index contributed by atoms with van der Waals surface area (Å²) in [5.41, 5.74) is 1.56. The molecule has 10 heteroatoms. The van der Waals surface area contributed by atoms with Crippen molar-refractivity contribution in [2.45, 2.75) is 17.3 Å². The number of hydrogen-bond donors (Lipinski definition) is 2. The second kappa shape index (κ2) is 7.12. The molecule has 0 aliphatic heterocycles. The van der Waals surface area contributed by atoms with Crippen molar-refractivity contribution in [3.8, 4) is 0 Å². The Balaban J connectivity index is 1.52. The van der Waals surface area contributed by atoms with Gasteiger partial charge in [0, 0.05) is 10.9 Å². The van der Waals surface area contributed by atoms with Crippen molar-refractivity contribution in [3.05, 3.63) is 53.8 Å². The van der Waals surface area contributed by atoms with Gasteiger partial charge in [0.1, 0.15) is 5.52 Å². The lowest BCUT2D eigenvalue weighted by Gasteiger charge is -2.11. The number of amides is 1. The Bertz CT molecular complexity index is 1210. The van der Waals surface area contributed by atoms with Crippen molar-refractivity contribution in [2.24, 2.45) is 0 Å². The average Bonchev–Trinajstić information content (AvgIpc) is 3.06. The van der Waals surface area contributed by atoms with Crippen LogP contribution in [-0.2, 0) is 4.79 Å². The van der Waals surface area contributed by atoms with Crippen LogP contribution in [0.5, 0.6) is 0 Å². The second-order valence-electron chi connectivity index (χ2n) is 5.93. The molecule has 0 saturated carbocycles. The Labute approximate surface area is 160 Å². The zero-order valence-electron chi connectivity index (χ0n) is 14.3. The van der Waals surface area contributed by atoms with Crippen LogP contribution in [0.2, 0.25) is 0 Å². The van der Waals surface area contributed by atoms with E-state index in [2.05, 4.69) is 25.5 Å². The second-order valence-corrected chi connectivity index (χ2v) is 7.24. The fourth-order valence-electron chi connectivity index (χ4n) is 2.62. The molecule has 0 aliphatic carbocycles. The summed E-state index contributed by atoms with van der Waals surface area (Å²) in [6.07, 6.45) is 0. The van der Waals surface area contributed by atoms with E-state index in [0.717, 1.165) is 34.8 Å². The van der Waals surface area contributed by atoms with Crippen molar-refractivity contribution in [1.29, 1.82) is 0 Å². The lowest BCUT2D eigenvalue weighted by Crippen LogP contribution is -2.23. The SMILES string of the molecule is C[C@@H](Sc1nnc2c(n1)[nH]c1ccccc12)C(=O)Nc1ccc(F)c(F)c1F. The summed E-state index contributed by atoms with van der Waals surface area (Å²) in [5.74, 6) is -5.04. The molecule has 1 amide bonds. The fourth-order valence-corrected chi connectivity index (χ4v) is 3.34. The van der Waals surface area contributed by atoms with Crippen molar-refractivity contribution in [3.63, 3.8) is 0 Å². The fraction of sp³-hybridized carbons (Fsp3) is 0.111. The monoisotopic (exact) mass is 403 g/mol. The number of nitrogens with zero attached hydrogens (tertiary/aromatic N) is 3. The predicted octanol–water partition coefficient (Wildman–Crippen LogP) is 4.04. The number of benzene rings is 2. The number of carbonyl (C=O) groups excluding carboxylic acids is 1. The number of para-hydroxylation sites is 1. The Hall–Kier alpha value is -3.14. The standard InChI is InChI=1S/C18H12F3N5OS/c1-8(17(27)23-12-7-6-10(19)13(20)14(12)21)28-18-24-16-15(25-26-18)9-4-2-3-5-11(9)22-16/h2-8H,1H3,(H,23,27)(H,22,24,26)/t8-/m1/s1. The molecule has 2 heterocycles. The highest BCUT2D eigenvalue weighted by Crippen LogP contribution is 2.26. The summed E-state index contributed by atoms with van der Waals surface area (Å²) in [4.78, 5) is 19.8. The van der Waals surface area contributed by atoms with E-state index in [0.29, 0.717) is 11.2 Å². The summed E-state index contributed by atoms with van der Waals surface area (Å²) < 4.78 is 40.0. The molecule has 0 radical (unpaired) electrons. The molecule has 0 spiro atoms. The maximum Gasteiger partial charge on any atom is 0.237 e. The lowest BCUT2D eigenvalue weighted by atomic mass is 10.2. The minimum atomic E-state index is -1.64. The first-order valence-electron chi connectivity index (χ1n) is 8.16. The minimum Gasteiger partial charge on any atom is -0.338 e. The molecular formula is C18H12F3N5OS. The van der Waals surface area contributed by atoms with Gasteiger partial charge < -0.3 is 10.3 Å². The van der Waals surface area contributed by atoms with Crippen LogP contribution < -0.4 is 5.32 Å². The lowest BCUT2D eigenvalue weighted by molar-refractivity contribution is -0.115. The summed E-state index contributed by atoms with van der Waals surface area (Å²) >= 11 is 1.00. The summed E-state index contributed by atoms with van der Waals surface area (Å²) in [6, 6.07) is 9.23. The molecule has 4 aromatic rings. The molecule has 2 aromatic carbocycles. The Morgan fingerprint density at radius 3 is 2.71 bits per heavy atom. The predicted molar refractivity (Wildman–Crippen MR) is 99.5 cm³/mol. The van der Waals surface area contributed by atoms with Crippen LogP contribution in [0.25, 0.3) is 22.1 Å². The van der Waals surface area contributed by atoms with Gasteiger partial charge in [-0.3, -0.25) is 4.79 Å². The molecule has 0 saturated heterocycles. The van der Waals surface area contributed by atoms with Gasteiger partial charge in [-0.1, -0.05) is 30.0 Å². The molecule has 0 unspecified atom stereocenters. The van der Waals surface area contributed by atoms with Crippen molar-refractivity contribution >= 4 is 45.4 Å². The van der Waals surface area contributed by atoms with E-state index in [9.17, 15) is 18.0 Å².